The lowest BCUT2D eigenvalue weighted by molar-refractivity contribution is -0.906. The molecule has 0 heterocycles. The maximum atomic E-state index is 7.17. The van der Waals surface area contributed by atoms with E-state index in [0.29, 0.717) is 0 Å². The van der Waals surface area contributed by atoms with Crippen LogP contribution in [0.15, 0.2) is 0 Å². The number of rotatable bonds is 5. The normalized spacial score (nSPS) is 8.77. The molecule has 0 aromatic carbocycles. The van der Waals surface area contributed by atoms with Gasteiger partial charge < -0.3 is 69.5 Å². The Morgan fingerprint density at radius 2 is 0.808 bits per heavy atom. The van der Waals surface area contributed by atoms with Crippen LogP contribution in [0.2, 0.25) is 0 Å². The fourth-order valence-corrected chi connectivity index (χ4v) is 0.852. The van der Waals surface area contributed by atoms with Crippen LogP contribution in [0.3, 0.4) is 0 Å². The van der Waals surface area contributed by atoms with E-state index in [9.17, 15) is 0 Å². The topological polar surface area (TPSA) is 252 Å². The first-order valence-electron chi connectivity index (χ1n) is 7.11. The molecule has 0 aliphatic rings. The smallest absolute Gasteiger partial charge is 0.402 e. The minimum Gasteiger partial charge on any atom is -0.402 e. The Balaban J connectivity index is -0.0000000776. The highest BCUT2D eigenvalue weighted by molar-refractivity contribution is 6.31. The molecule has 18 heteroatoms. The number of hydrogen-bond acceptors (Lipinski definition) is 13. The standard InChI is InChI=1S/C8H20NO.4BH3O3/c1-5-9(3,6-2)7-8-10-4;4*2-1(3)4/h5-8H2,1-4H3;4*2-4H/q+1;;;;. The number of likely N-dealkylation sites (N-methyl/N-ethyl adjacent to an activating group) is 1. The summed E-state index contributed by atoms with van der Waals surface area (Å²) >= 11 is 0. The Hall–Kier alpha value is -0.300. The van der Waals surface area contributed by atoms with Crippen molar-refractivity contribution in [3.8, 4) is 0 Å². The number of ether oxygens (including phenoxy) is 1. The zero-order valence-electron chi connectivity index (χ0n) is 15.4. The van der Waals surface area contributed by atoms with Gasteiger partial charge in [-0.1, -0.05) is 0 Å². The fraction of sp³-hybridized carbons (Fsp3) is 1.00. The molecule has 0 aromatic heterocycles. The van der Waals surface area contributed by atoms with Crippen LogP contribution in [0.5, 0.6) is 0 Å². The third kappa shape index (κ3) is 107. The average Bonchev–Trinajstić information content (AvgIpc) is 2.42. The van der Waals surface area contributed by atoms with Crippen LogP contribution in [-0.2, 0) is 4.74 Å². The third-order valence-electron chi connectivity index (χ3n) is 2.36. The van der Waals surface area contributed by atoms with Gasteiger partial charge in [-0.05, 0) is 13.8 Å². The number of quaternary nitrogens is 1. The van der Waals surface area contributed by atoms with Gasteiger partial charge in [-0.25, -0.2) is 0 Å². The molecule has 0 aromatic rings. The van der Waals surface area contributed by atoms with Gasteiger partial charge in [0.15, 0.2) is 0 Å². The van der Waals surface area contributed by atoms with Gasteiger partial charge in [0.25, 0.3) is 0 Å². The van der Waals surface area contributed by atoms with E-state index in [4.69, 9.17) is 65.0 Å². The maximum Gasteiger partial charge on any atom is 0.631 e. The lowest BCUT2D eigenvalue weighted by Gasteiger charge is -2.31. The molecule has 0 radical (unpaired) electrons. The van der Waals surface area contributed by atoms with E-state index < -0.39 is 29.3 Å². The van der Waals surface area contributed by atoms with E-state index >= 15 is 0 Å². The van der Waals surface area contributed by atoms with Crippen molar-refractivity contribution in [3.05, 3.63) is 0 Å². The van der Waals surface area contributed by atoms with E-state index in [-0.39, 0.29) is 0 Å². The Kier molecular flexibility index (Phi) is 37.9. The predicted octanol–water partition coefficient (Wildman–Crippen LogP) is -7.09. The van der Waals surface area contributed by atoms with E-state index in [1.54, 1.807) is 7.11 Å². The van der Waals surface area contributed by atoms with E-state index in [1.807, 2.05) is 0 Å². The quantitative estimate of drug-likeness (QED) is 0.153. The van der Waals surface area contributed by atoms with Gasteiger partial charge in [-0.15, -0.1) is 0 Å². The molecule has 0 atom stereocenters. The van der Waals surface area contributed by atoms with Crippen molar-refractivity contribution < 1.29 is 69.5 Å². The highest BCUT2D eigenvalue weighted by atomic mass is 16.5. The molecular formula is C8H32B4NO13+. The molecule has 0 amide bonds. The molecule has 0 spiro atoms. The van der Waals surface area contributed by atoms with Crippen LogP contribution in [0.4, 0.5) is 0 Å². The summed E-state index contributed by atoms with van der Waals surface area (Å²) in [7, 11) is -4.64. The van der Waals surface area contributed by atoms with Crippen molar-refractivity contribution in [3.63, 3.8) is 0 Å². The third-order valence-corrected chi connectivity index (χ3v) is 2.36. The average molecular weight is 394 g/mol. The van der Waals surface area contributed by atoms with Crippen molar-refractivity contribution >= 4 is 29.3 Å². The largest absolute Gasteiger partial charge is 0.631 e. The highest BCUT2D eigenvalue weighted by Gasteiger charge is 2.14. The molecule has 0 bridgehead atoms. The Morgan fingerprint density at radius 1 is 0.615 bits per heavy atom. The Labute approximate surface area is 154 Å². The van der Waals surface area contributed by atoms with Crippen molar-refractivity contribution in [2.45, 2.75) is 13.8 Å². The maximum absolute atomic E-state index is 7.17. The van der Waals surface area contributed by atoms with E-state index in [2.05, 4.69) is 20.9 Å². The Morgan fingerprint density at radius 3 is 0.923 bits per heavy atom. The summed E-state index contributed by atoms with van der Waals surface area (Å²) in [6.45, 7) is 8.83. The first-order valence-corrected chi connectivity index (χ1v) is 7.11. The Bertz CT molecular complexity index is 201. The van der Waals surface area contributed by atoms with Gasteiger partial charge in [-0.3, -0.25) is 0 Å². The van der Waals surface area contributed by atoms with Crippen molar-refractivity contribution in [1.29, 1.82) is 0 Å². The van der Waals surface area contributed by atoms with Gasteiger partial charge in [0.1, 0.15) is 6.54 Å². The number of nitrogens with zero attached hydrogens (tertiary/aromatic N) is 1. The molecule has 26 heavy (non-hydrogen) atoms. The van der Waals surface area contributed by atoms with Gasteiger partial charge in [-0.2, -0.15) is 0 Å². The molecule has 12 N–H and O–H groups in total. The molecule has 0 saturated carbocycles. The number of hydrogen-bond donors (Lipinski definition) is 12. The SMILES string of the molecule is CC[N+](C)(CC)CCOC.OB(O)O.OB(O)O.OB(O)O.OB(O)O. The molecule has 0 saturated heterocycles. The first-order chi connectivity index (χ1) is 11.6. The second-order valence-electron chi connectivity index (χ2n) is 4.35. The summed E-state index contributed by atoms with van der Waals surface area (Å²) in [4.78, 5) is 0. The minimum atomic E-state index is -2.17. The lowest BCUT2D eigenvalue weighted by atomic mass is 10.3. The first kappa shape index (κ1) is 36.6. The zero-order chi connectivity index (χ0) is 22.3. The summed E-state index contributed by atoms with van der Waals surface area (Å²) in [6.07, 6.45) is 0. The summed E-state index contributed by atoms with van der Waals surface area (Å²) < 4.78 is 6.14. The summed E-state index contributed by atoms with van der Waals surface area (Å²) in [5.41, 5.74) is 0. The monoisotopic (exact) mass is 394 g/mol. The predicted molar refractivity (Wildman–Crippen MR) is 93.7 cm³/mol. The van der Waals surface area contributed by atoms with Crippen LogP contribution in [0.25, 0.3) is 0 Å². The second-order valence-corrected chi connectivity index (χ2v) is 4.35. The minimum absolute atomic E-state index is 0.873. The molecule has 0 unspecified atom stereocenters. The zero-order valence-corrected chi connectivity index (χ0v) is 15.4. The summed E-state index contributed by atoms with van der Waals surface area (Å²) in [5.74, 6) is 0. The molecule has 0 rings (SSSR count). The lowest BCUT2D eigenvalue weighted by Crippen LogP contribution is -2.45. The van der Waals surface area contributed by atoms with Crippen molar-refractivity contribution in [2.24, 2.45) is 0 Å². The van der Waals surface area contributed by atoms with Crippen LogP contribution < -0.4 is 0 Å². The van der Waals surface area contributed by atoms with Crippen LogP contribution in [0.1, 0.15) is 13.8 Å². The van der Waals surface area contributed by atoms with Gasteiger partial charge in [0.05, 0.1) is 26.7 Å². The molecule has 14 nitrogen and oxygen atoms in total. The fourth-order valence-electron chi connectivity index (χ4n) is 0.852. The van der Waals surface area contributed by atoms with Crippen molar-refractivity contribution in [2.75, 3.05) is 40.4 Å². The second kappa shape index (κ2) is 26.9. The van der Waals surface area contributed by atoms with E-state index in [0.717, 1.165) is 17.6 Å². The van der Waals surface area contributed by atoms with Gasteiger partial charge >= 0.3 is 29.3 Å². The van der Waals surface area contributed by atoms with Crippen LogP contribution in [0, 0.1) is 0 Å². The highest BCUT2D eigenvalue weighted by Crippen LogP contribution is 1.99. The van der Waals surface area contributed by atoms with Gasteiger partial charge in [0.2, 0.25) is 0 Å². The molecule has 158 valence electrons. The van der Waals surface area contributed by atoms with Gasteiger partial charge in [0, 0.05) is 7.11 Å². The van der Waals surface area contributed by atoms with Crippen molar-refractivity contribution in [1.82, 2.24) is 0 Å². The number of methoxy groups -OCH3 is 1. The molecular weight excluding hydrogens is 361 g/mol. The van der Waals surface area contributed by atoms with Crippen LogP contribution >= 0.6 is 0 Å². The van der Waals surface area contributed by atoms with E-state index in [1.165, 1.54) is 13.1 Å². The van der Waals surface area contributed by atoms with Crippen LogP contribution in [-0.4, -0.2) is 134 Å². The molecule has 0 fully saturated rings. The summed E-state index contributed by atoms with van der Waals surface area (Å²) in [5, 5.41) is 86.0. The molecule has 0 aliphatic heterocycles. The summed E-state index contributed by atoms with van der Waals surface area (Å²) in [6, 6.07) is 0. The molecule has 0 aliphatic carbocycles.